The van der Waals surface area contributed by atoms with E-state index in [0.717, 1.165) is 16.8 Å². The minimum absolute atomic E-state index is 0.0397. The van der Waals surface area contributed by atoms with Crippen molar-refractivity contribution in [3.05, 3.63) is 48.4 Å². The number of nitrogens with zero attached hydrogens (tertiary/aromatic N) is 4. The van der Waals surface area contributed by atoms with E-state index < -0.39 is 0 Å². The lowest BCUT2D eigenvalue weighted by Gasteiger charge is -2.09. The van der Waals surface area contributed by atoms with Gasteiger partial charge in [0.2, 0.25) is 5.88 Å². The van der Waals surface area contributed by atoms with Crippen LogP contribution in [0.2, 0.25) is 0 Å². The summed E-state index contributed by atoms with van der Waals surface area (Å²) in [6, 6.07) is 7.96. The highest BCUT2D eigenvalue weighted by atomic mass is 16.3. The molecule has 120 valence electrons. The molecule has 24 heavy (non-hydrogen) atoms. The van der Waals surface area contributed by atoms with Crippen molar-refractivity contribution in [3.8, 4) is 17.3 Å². The molecule has 0 saturated carbocycles. The molecule has 0 aliphatic heterocycles. The van der Waals surface area contributed by atoms with Gasteiger partial charge in [0.05, 0.1) is 17.3 Å². The van der Waals surface area contributed by atoms with E-state index >= 15 is 0 Å². The van der Waals surface area contributed by atoms with E-state index in [9.17, 15) is 5.11 Å². The number of aryl methyl sites for hydroxylation is 2. The van der Waals surface area contributed by atoms with Crippen LogP contribution in [0.3, 0.4) is 0 Å². The minimum Gasteiger partial charge on any atom is -0.494 e. The first kappa shape index (κ1) is 14.3. The van der Waals surface area contributed by atoms with E-state index in [1.165, 1.54) is 0 Å². The Balaban J connectivity index is 1.87. The van der Waals surface area contributed by atoms with Gasteiger partial charge < -0.3 is 15.4 Å². The van der Waals surface area contributed by atoms with Crippen LogP contribution < -0.4 is 5.32 Å². The summed E-state index contributed by atoms with van der Waals surface area (Å²) in [5.41, 5.74) is 3.48. The van der Waals surface area contributed by atoms with E-state index in [2.05, 4.69) is 25.4 Å². The number of hydrogen-bond donors (Lipinski definition) is 3. The van der Waals surface area contributed by atoms with Gasteiger partial charge in [-0.25, -0.2) is 9.97 Å². The van der Waals surface area contributed by atoms with Gasteiger partial charge in [-0.1, -0.05) is 12.1 Å². The van der Waals surface area contributed by atoms with Crippen LogP contribution in [-0.4, -0.2) is 29.8 Å². The molecule has 0 atom stereocenters. The topological polar surface area (TPSA) is 91.7 Å². The summed E-state index contributed by atoms with van der Waals surface area (Å²) >= 11 is 0. The highest BCUT2D eigenvalue weighted by molar-refractivity contribution is 5.96. The number of aromatic amines is 1. The molecular weight excluding hydrogens is 304 g/mol. The van der Waals surface area contributed by atoms with Crippen molar-refractivity contribution in [2.75, 3.05) is 5.32 Å². The molecule has 0 radical (unpaired) electrons. The highest BCUT2D eigenvalue weighted by Crippen LogP contribution is 2.32. The third-order valence-electron chi connectivity index (χ3n) is 3.76. The summed E-state index contributed by atoms with van der Waals surface area (Å²) in [6.45, 7) is 2.02. The zero-order valence-corrected chi connectivity index (χ0v) is 13.3. The fourth-order valence-corrected chi connectivity index (χ4v) is 2.64. The summed E-state index contributed by atoms with van der Waals surface area (Å²) in [4.78, 5) is 11.9. The number of aromatic hydroxyl groups is 1. The van der Waals surface area contributed by atoms with Gasteiger partial charge in [0.1, 0.15) is 11.2 Å². The molecule has 0 spiro atoms. The fraction of sp³-hybridized carbons (Fsp3) is 0.118. The Bertz CT molecular complexity index is 1030. The Labute approximate surface area is 138 Å². The number of fused-ring (bicyclic) bond motifs is 1. The summed E-state index contributed by atoms with van der Waals surface area (Å²) < 4.78 is 1.70. The van der Waals surface area contributed by atoms with Gasteiger partial charge >= 0.3 is 0 Å². The molecule has 0 aliphatic rings. The van der Waals surface area contributed by atoms with E-state index in [1.807, 2.05) is 44.4 Å². The molecule has 0 aliphatic carbocycles. The predicted octanol–water partition coefficient (Wildman–Crippen LogP) is 3.12. The number of H-pyrrole nitrogens is 1. The first-order chi connectivity index (χ1) is 11.6. The first-order valence-electron chi connectivity index (χ1n) is 7.51. The molecule has 0 bridgehead atoms. The molecule has 0 amide bonds. The van der Waals surface area contributed by atoms with Gasteiger partial charge in [0, 0.05) is 25.1 Å². The average Bonchev–Trinajstić information content (AvgIpc) is 3.14. The van der Waals surface area contributed by atoms with Crippen molar-refractivity contribution in [2.24, 2.45) is 7.05 Å². The molecule has 3 heterocycles. The Kier molecular flexibility index (Phi) is 3.19. The van der Waals surface area contributed by atoms with Gasteiger partial charge in [-0.2, -0.15) is 5.10 Å². The van der Waals surface area contributed by atoms with Crippen LogP contribution in [0.4, 0.5) is 11.5 Å². The predicted molar refractivity (Wildman–Crippen MR) is 92.2 cm³/mol. The fourth-order valence-electron chi connectivity index (χ4n) is 2.64. The SMILES string of the molecule is Cc1cccc(Nc2nc(-c3cnn(C)c3)nc3c[nH]c(O)c23)c1. The highest BCUT2D eigenvalue weighted by Gasteiger charge is 2.15. The number of rotatable bonds is 3. The lowest BCUT2D eigenvalue weighted by molar-refractivity contribution is 0.463. The molecular formula is C17H16N6O. The van der Waals surface area contributed by atoms with E-state index in [-0.39, 0.29) is 5.88 Å². The average molecular weight is 320 g/mol. The number of hydrogen-bond acceptors (Lipinski definition) is 5. The van der Waals surface area contributed by atoms with Crippen molar-refractivity contribution in [1.29, 1.82) is 0 Å². The molecule has 3 N–H and O–H groups in total. The Hall–Kier alpha value is -3.35. The van der Waals surface area contributed by atoms with E-state index in [4.69, 9.17) is 0 Å². The second kappa shape index (κ2) is 5.38. The maximum atomic E-state index is 10.1. The van der Waals surface area contributed by atoms with E-state index in [0.29, 0.717) is 22.5 Å². The van der Waals surface area contributed by atoms with Crippen molar-refractivity contribution in [1.82, 2.24) is 24.7 Å². The molecule has 3 aromatic heterocycles. The third kappa shape index (κ3) is 2.45. The molecule has 7 heteroatoms. The Morgan fingerprint density at radius 1 is 1.25 bits per heavy atom. The van der Waals surface area contributed by atoms with Crippen LogP contribution in [0.1, 0.15) is 5.56 Å². The van der Waals surface area contributed by atoms with Crippen molar-refractivity contribution >= 4 is 22.4 Å². The second-order valence-electron chi connectivity index (χ2n) is 5.69. The normalized spacial score (nSPS) is 11.1. The quantitative estimate of drug-likeness (QED) is 0.539. The van der Waals surface area contributed by atoms with Crippen LogP contribution in [-0.2, 0) is 7.05 Å². The number of anilines is 2. The van der Waals surface area contributed by atoms with Crippen LogP contribution >= 0.6 is 0 Å². The zero-order chi connectivity index (χ0) is 16.7. The van der Waals surface area contributed by atoms with Crippen LogP contribution in [0.15, 0.2) is 42.9 Å². The van der Waals surface area contributed by atoms with Gasteiger partial charge in [-0.05, 0) is 24.6 Å². The molecule has 0 saturated heterocycles. The van der Waals surface area contributed by atoms with E-state index in [1.54, 1.807) is 17.1 Å². The lowest BCUT2D eigenvalue weighted by Crippen LogP contribution is -1.98. The molecule has 7 nitrogen and oxygen atoms in total. The number of nitrogens with one attached hydrogen (secondary N) is 2. The summed E-state index contributed by atoms with van der Waals surface area (Å²) in [5.74, 6) is 1.13. The molecule has 0 unspecified atom stereocenters. The Morgan fingerprint density at radius 3 is 2.88 bits per heavy atom. The molecule has 4 rings (SSSR count). The van der Waals surface area contributed by atoms with Gasteiger partial charge in [-0.15, -0.1) is 0 Å². The van der Waals surface area contributed by atoms with Gasteiger partial charge in [0.15, 0.2) is 5.82 Å². The number of aromatic nitrogens is 5. The summed E-state index contributed by atoms with van der Waals surface area (Å²) in [5, 5.41) is 18.1. The lowest BCUT2D eigenvalue weighted by atomic mass is 10.2. The zero-order valence-electron chi connectivity index (χ0n) is 13.3. The second-order valence-corrected chi connectivity index (χ2v) is 5.69. The Morgan fingerprint density at radius 2 is 2.12 bits per heavy atom. The molecule has 1 aromatic carbocycles. The summed E-state index contributed by atoms with van der Waals surface area (Å²) in [7, 11) is 1.84. The van der Waals surface area contributed by atoms with Crippen LogP contribution in [0.5, 0.6) is 5.88 Å². The smallest absolute Gasteiger partial charge is 0.201 e. The van der Waals surface area contributed by atoms with Crippen molar-refractivity contribution in [2.45, 2.75) is 6.92 Å². The van der Waals surface area contributed by atoms with Crippen molar-refractivity contribution < 1.29 is 5.11 Å². The maximum Gasteiger partial charge on any atom is 0.201 e. The largest absolute Gasteiger partial charge is 0.494 e. The monoisotopic (exact) mass is 320 g/mol. The standard InChI is InChI=1S/C17H16N6O/c1-10-4-3-5-12(6-10)20-16-14-13(8-18-17(14)24)21-15(22-16)11-7-19-23(2)9-11/h3-9,18,24H,1-2H3,(H,20,21,22). The first-order valence-corrected chi connectivity index (χ1v) is 7.51. The summed E-state index contributed by atoms with van der Waals surface area (Å²) in [6.07, 6.45) is 5.22. The van der Waals surface area contributed by atoms with Crippen LogP contribution in [0.25, 0.3) is 22.3 Å². The van der Waals surface area contributed by atoms with Gasteiger partial charge in [0.25, 0.3) is 0 Å². The number of benzene rings is 1. The third-order valence-corrected chi connectivity index (χ3v) is 3.76. The minimum atomic E-state index is 0.0397. The maximum absolute atomic E-state index is 10.1. The van der Waals surface area contributed by atoms with Gasteiger partial charge in [-0.3, -0.25) is 4.68 Å². The molecule has 4 aromatic rings. The van der Waals surface area contributed by atoms with Crippen molar-refractivity contribution in [3.63, 3.8) is 0 Å². The van der Waals surface area contributed by atoms with Crippen LogP contribution in [0, 0.1) is 6.92 Å². The molecule has 0 fully saturated rings.